The van der Waals surface area contributed by atoms with Crippen molar-refractivity contribution < 1.29 is 9.59 Å². The average molecular weight is 466 g/mol. The molecule has 1 aromatic heterocycles. The number of likely N-dealkylation sites (tertiary alicyclic amines) is 1. The number of aromatic nitrogens is 2. The first-order valence-electron chi connectivity index (χ1n) is 8.77. The Morgan fingerprint density at radius 3 is 2.69 bits per heavy atom. The molecule has 3 rings (SSSR count). The van der Waals surface area contributed by atoms with E-state index >= 15 is 0 Å². The van der Waals surface area contributed by atoms with Crippen LogP contribution < -0.4 is 5.32 Å². The van der Waals surface area contributed by atoms with Gasteiger partial charge in [-0.2, -0.15) is 5.10 Å². The van der Waals surface area contributed by atoms with Gasteiger partial charge in [0.15, 0.2) is 0 Å². The van der Waals surface area contributed by atoms with Gasteiger partial charge in [-0.3, -0.25) is 14.3 Å². The SMILES string of the molecule is Cc1cccc(C(=O)N2CCC(CNC(=O)c3cnn(C)c3)CC2)c1I. The van der Waals surface area contributed by atoms with E-state index < -0.39 is 0 Å². The number of halogens is 1. The molecule has 26 heavy (non-hydrogen) atoms. The number of rotatable bonds is 4. The summed E-state index contributed by atoms with van der Waals surface area (Å²) >= 11 is 2.25. The molecule has 1 aliphatic rings. The molecular formula is C19H23IN4O2. The number of carbonyl (C=O) groups is 2. The maximum absolute atomic E-state index is 12.8. The van der Waals surface area contributed by atoms with Gasteiger partial charge in [-0.05, 0) is 59.9 Å². The third-order valence-electron chi connectivity index (χ3n) is 4.84. The molecule has 7 heteroatoms. The molecule has 1 aliphatic heterocycles. The van der Waals surface area contributed by atoms with Crippen molar-refractivity contribution in [2.45, 2.75) is 19.8 Å². The highest BCUT2D eigenvalue weighted by molar-refractivity contribution is 14.1. The quantitative estimate of drug-likeness (QED) is 0.705. The Morgan fingerprint density at radius 1 is 1.31 bits per heavy atom. The van der Waals surface area contributed by atoms with E-state index in [1.807, 2.05) is 30.0 Å². The molecule has 1 N–H and O–H groups in total. The fourth-order valence-electron chi connectivity index (χ4n) is 3.20. The zero-order valence-electron chi connectivity index (χ0n) is 15.0. The maximum Gasteiger partial charge on any atom is 0.254 e. The van der Waals surface area contributed by atoms with Crippen molar-refractivity contribution in [2.75, 3.05) is 19.6 Å². The number of aryl methyl sites for hydroxylation is 2. The molecule has 1 saturated heterocycles. The van der Waals surface area contributed by atoms with E-state index in [0.717, 1.165) is 40.6 Å². The molecule has 0 aliphatic carbocycles. The van der Waals surface area contributed by atoms with Gasteiger partial charge < -0.3 is 10.2 Å². The van der Waals surface area contributed by atoms with Crippen LogP contribution in [0.15, 0.2) is 30.6 Å². The Labute approximate surface area is 167 Å². The topological polar surface area (TPSA) is 67.2 Å². The Bertz CT molecular complexity index is 810. The molecule has 2 heterocycles. The Kier molecular flexibility index (Phi) is 5.95. The molecule has 1 fully saturated rings. The first-order valence-corrected chi connectivity index (χ1v) is 9.85. The van der Waals surface area contributed by atoms with Crippen LogP contribution in [0.5, 0.6) is 0 Å². The lowest BCUT2D eigenvalue weighted by atomic mass is 9.96. The highest BCUT2D eigenvalue weighted by atomic mass is 127. The van der Waals surface area contributed by atoms with E-state index in [-0.39, 0.29) is 11.8 Å². The van der Waals surface area contributed by atoms with Gasteiger partial charge in [0.1, 0.15) is 0 Å². The predicted octanol–water partition coefficient (Wildman–Crippen LogP) is 2.62. The summed E-state index contributed by atoms with van der Waals surface area (Å²) in [4.78, 5) is 26.8. The van der Waals surface area contributed by atoms with Gasteiger partial charge in [0, 0.05) is 36.4 Å². The lowest BCUT2D eigenvalue weighted by molar-refractivity contribution is 0.0683. The van der Waals surface area contributed by atoms with Crippen LogP contribution in [0.1, 0.15) is 39.1 Å². The van der Waals surface area contributed by atoms with Crippen LogP contribution in [-0.4, -0.2) is 46.1 Å². The summed E-state index contributed by atoms with van der Waals surface area (Å²) in [6, 6.07) is 5.86. The molecule has 138 valence electrons. The summed E-state index contributed by atoms with van der Waals surface area (Å²) in [6.45, 7) is 4.13. The first-order chi connectivity index (χ1) is 12.5. The minimum atomic E-state index is -0.0917. The minimum Gasteiger partial charge on any atom is -0.352 e. The molecule has 0 unspecified atom stereocenters. The van der Waals surface area contributed by atoms with Crippen molar-refractivity contribution in [2.24, 2.45) is 13.0 Å². The molecule has 0 saturated carbocycles. The van der Waals surface area contributed by atoms with Gasteiger partial charge in [0.05, 0.1) is 17.3 Å². The second-order valence-electron chi connectivity index (χ2n) is 6.78. The fourth-order valence-corrected chi connectivity index (χ4v) is 3.79. The number of hydrogen-bond acceptors (Lipinski definition) is 3. The highest BCUT2D eigenvalue weighted by Gasteiger charge is 2.25. The molecule has 0 atom stereocenters. The molecule has 0 radical (unpaired) electrons. The van der Waals surface area contributed by atoms with Crippen LogP contribution in [0.25, 0.3) is 0 Å². The number of nitrogens with zero attached hydrogens (tertiary/aromatic N) is 3. The fraction of sp³-hybridized carbons (Fsp3) is 0.421. The molecular weight excluding hydrogens is 443 g/mol. The summed E-state index contributed by atoms with van der Waals surface area (Å²) < 4.78 is 2.65. The number of hydrogen-bond donors (Lipinski definition) is 1. The predicted molar refractivity (Wildman–Crippen MR) is 108 cm³/mol. The first kappa shape index (κ1) is 18.9. The minimum absolute atomic E-state index is 0.0917. The Hall–Kier alpha value is -1.90. The Balaban J connectivity index is 1.50. The van der Waals surface area contributed by atoms with Gasteiger partial charge >= 0.3 is 0 Å². The lowest BCUT2D eigenvalue weighted by Crippen LogP contribution is -2.41. The molecule has 6 nitrogen and oxygen atoms in total. The van der Waals surface area contributed by atoms with Crippen LogP contribution in [-0.2, 0) is 7.05 Å². The second-order valence-corrected chi connectivity index (χ2v) is 7.86. The monoisotopic (exact) mass is 466 g/mol. The highest BCUT2D eigenvalue weighted by Crippen LogP contribution is 2.22. The van der Waals surface area contributed by atoms with E-state index in [2.05, 4.69) is 33.0 Å². The molecule has 1 aromatic carbocycles. The summed E-state index contributed by atoms with van der Waals surface area (Å²) in [5.74, 6) is 0.415. The van der Waals surface area contributed by atoms with Crippen LogP contribution >= 0.6 is 22.6 Å². The largest absolute Gasteiger partial charge is 0.352 e. The van der Waals surface area contributed by atoms with Crippen LogP contribution in [0.3, 0.4) is 0 Å². The summed E-state index contributed by atoms with van der Waals surface area (Å²) in [5, 5.41) is 6.99. The normalized spacial score (nSPS) is 15.1. The molecule has 0 spiro atoms. The summed E-state index contributed by atoms with van der Waals surface area (Å²) in [7, 11) is 1.79. The zero-order valence-corrected chi connectivity index (χ0v) is 17.2. The Morgan fingerprint density at radius 2 is 2.04 bits per heavy atom. The average Bonchev–Trinajstić information content (AvgIpc) is 3.08. The molecule has 0 bridgehead atoms. The van der Waals surface area contributed by atoms with Crippen molar-refractivity contribution in [1.29, 1.82) is 0 Å². The number of piperidine rings is 1. The van der Waals surface area contributed by atoms with Crippen molar-refractivity contribution in [3.8, 4) is 0 Å². The number of nitrogens with one attached hydrogen (secondary N) is 1. The third kappa shape index (κ3) is 4.25. The van der Waals surface area contributed by atoms with E-state index in [9.17, 15) is 9.59 Å². The number of amides is 2. The van der Waals surface area contributed by atoms with Crippen molar-refractivity contribution in [3.05, 3.63) is 50.9 Å². The molecule has 2 amide bonds. The standard InChI is InChI=1S/C19H23IN4O2/c1-13-4-3-5-16(17(13)20)19(26)24-8-6-14(7-9-24)10-21-18(25)15-11-22-23(2)12-15/h3-5,11-12,14H,6-10H2,1-2H3,(H,21,25). The third-order valence-corrected chi connectivity index (χ3v) is 6.27. The van der Waals surface area contributed by atoms with Crippen molar-refractivity contribution in [1.82, 2.24) is 20.0 Å². The number of carbonyl (C=O) groups excluding carboxylic acids is 2. The van der Waals surface area contributed by atoms with Crippen LogP contribution in [0.4, 0.5) is 0 Å². The van der Waals surface area contributed by atoms with E-state index in [0.29, 0.717) is 18.0 Å². The van der Waals surface area contributed by atoms with Crippen molar-refractivity contribution in [3.63, 3.8) is 0 Å². The van der Waals surface area contributed by atoms with Gasteiger partial charge in [0.25, 0.3) is 11.8 Å². The van der Waals surface area contributed by atoms with Crippen LogP contribution in [0.2, 0.25) is 0 Å². The lowest BCUT2D eigenvalue weighted by Gasteiger charge is -2.32. The summed E-state index contributed by atoms with van der Waals surface area (Å²) in [6.07, 6.45) is 5.09. The van der Waals surface area contributed by atoms with Gasteiger partial charge in [0.2, 0.25) is 0 Å². The smallest absolute Gasteiger partial charge is 0.254 e. The summed E-state index contributed by atoms with van der Waals surface area (Å²) in [5.41, 5.74) is 2.49. The van der Waals surface area contributed by atoms with E-state index in [1.165, 1.54) is 0 Å². The van der Waals surface area contributed by atoms with Crippen molar-refractivity contribution >= 4 is 34.4 Å². The van der Waals surface area contributed by atoms with Crippen LogP contribution in [0, 0.1) is 16.4 Å². The van der Waals surface area contributed by atoms with E-state index in [4.69, 9.17) is 0 Å². The van der Waals surface area contributed by atoms with Gasteiger partial charge in [-0.15, -0.1) is 0 Å². The van der Waals surface area contributed by atoms with E-state index in [1.54, 1.807) is 24.1 Å². The van der Waals surface area contributed by atoms with Gasteiger partial charge in [-0.1, -0.05) is 12.1 Å². The zero-order chi connectivity index (χ0) is 18.7. The maximum atomic E-state index is 12.8. The number of benzene rings is 1. The molecule has 2 aromatic rings. The second kappa shape index (κ2) is 8.20. The van der Waals surface area contributed by atoms with Gasteiger partial charge in [-0.25, -0.2) is 0 Å².